The molecule has 2 aliphatic heterocycles. The van der Waals surface area contributed by atoms with Crippen molar-refractivity contribution in [2.24, 2.45) is 0 Å². The van der Waals surface area contributed by atoms with E-state index in [1.807, 2.05) is 64.1 Å². The second-order valence-corrected chi connectivity index (χ2v) is 7.69. The van der Waals surface area contributed by atoms with Gasteiger partial charge in [-0.1, -0.05) is 6.58 Å². The summed E-state index contributed by atoms with van der Waals surface area (Å²) in [6.07, 6.45) is 0.245. The Morgan fingerprint density at radius 3 is 1.82 bits per heavy atom. The van der Waals surface area contributed by atoms with Gasteiger partial charge in [-0.25, -0.2) is 0 Å². The van der Waals surface area contributed by atoms with E-state index < -0.39 is 5.60 Å². The second-order valence-electron chi connectivity index (χ2n) is 7.69. The van der Waals surface area contributed by atoms with Crippen molar-refractivity contribution in [3.8, 4) is 23.0 Å². The number of ether oxygens (including phenoxy) is 4. The molecule has 0 unspecified atom stereocenters. The van der Waals surface area contributed by atoms with Crippen molar-refractivity contribution in [3.63, 3.8) is 0 Å². The van der Waals surface area contributed by atoms with Gasteiger partial charge in [0.15, 0.2) is 5.60 Å². The lowest BCUT2D eigenvalue weighted by Gasteiger charge is -2.36. The summed E-state index contributed by atoms with van der Waals surface area (Å²) in [5.74, 6) is 2.26. The second kappa shape index (κ2) is 6.59. The molecule has 2 aromatic rings. The molecule has 1 spiro atoms. The molecule has 0 saturated carbocycles. The quantitative estimate of drug-likeness (QED) is 0.545. The van der Waals surface area contributed by atoms with Crippen molar-refractivity contribution in [1.29, 1.82) is 0 Å². The molecular weight excluding hydrogens is 356 g/mol. The Kier molecular flexibility index (Phi) is 4.33. The SMILES string of the molecule is C=C1CC(=O)OC12c1ccc(OC(C)C)cc1Oc1cc(OC(C)C)ccc12. The summed E-state index contributed by atoms with van der Waals surface area (Å²) in [4.78, 5) is 12.2. The molecule has 2 heterocycles. The highest BCUT2D eigenvalue weighted by molar-refractivity contribution is 5.81. The zero-order chi connectivity index (χ0) is 20.1. The van der Waals surface area contributed by atoms with E-state index in [-0.39, 0.29) is 24.6 Å². The zero-order valence-corrected chi connectivity index (χ0v) is 16.6. The number of carbonyl (C=O) groups is 1. The van der Waals surface area contributed by atoms with Gasteiger partial charge in [0.05, 0.1) is 18.6 Å². The summed E-state index contributed by atoms with van der Waals surface area (Å²) >= 11 is 0. The van der Waals surface area contributed by atoms with Gasteiger partial charge in [-0.05, 0) is 57.5 Å². The van der Waals surface area contributed by atoms with Gasteiger partial charge in [-0.15, -0.1) is 0 Å². The molecule has 0 amide bonds. The zero-order valence-electron chi connectivity index (χ0n) is 16.6. The first-order valence-electron chi connectivity index (χ1n) is 9.50. The standard InChI is InChI=1S/C23H24O5/c1-13(2)25-16-6-8-18-20(11-16)27-21-12-17(26-14(3)4)7-9-19(21)23(18)15(5)10-22(24)28-23/h6-9,11-14H,5,10H2,1-4H3. The van der Waals surface area contributed by atoms with Crippen LogP contribution in [0.4, 0.5) is 0 Å². The number of hydrogen-bond acceptors (Lipinski definition) is 5. The van der Waals surface area contributed by atoms with Crippen molar-refractivity contribution < 1.29 is 23.7 Å². The summed E-state index contributed by atoms with van der Waals surface area (Å²) in [6, 6.07) is 11.2. The Bertz CT molecular complexity index is 898. The van der Waals surface area contributed by atoms with E-state index in [4.69, 9.17) is 18.9 Å². The predicted octanol–water partition coefficient (Wildman–Crippen LogP) is 5.11. The van der Waals surface area contributed by atoms with Crippen LogP contribution in [0.1, 0.15) is 45.2 Å². The van der Waals surface area contributed by atoms with Gasteiger partial charge in [0.1, 0.15) is 23.0 Å². The van der Waals surface area contributed by atoms with Crippen LogP contribution in [0.25, 0.3) is 0 Å². The number of hydrogen-bond donors (Lipinski definition) is 0. The van der Waals surface area contributed by atoms with Crippen molar-refractivity contribution >= 4 is 5.97 Å². The molecule has 5 heteroatoms. The average Bonchev–Trinajstić information content (AvgIpc) is 2.88. The molecule has 1 saturated heterocycles. The van der Waals surface area contributed by atoms with Gasteiger partial charge in [0.25, 0.3) is 0 Å². The van der Waals surface area contributed by atoms with E-state index >= 15 is 0 Å². The van der Waals surface area contributed by atoms with Crippen molar-refractivity contribution in [2.75, 3.05) is 0 Å². The highest BCUT2D eigenvalue weighted by Gasteiger charge is 2.52. The third-order valence-electron chi connectivity index (χ3n) is 4.75. The van der Waals surface area contributed by atoms with Gasteiger partial charge in [-0.3, -0.25) is 4.79 Å². The van der Waals surface area contributed by atoms with Crippen molar-refractivity contribution in [2.45, 2.75) is 51.9 Å². The average molecular weight is 380 g/mol. The van der Waals surface area contributed by atoms with Gasteiger partial charge >= 0.3 is 5.97 Å². The molecule has 4 rings (SSSR count). The van der Waals surface area contributed by atoms with Crippen LogP contribution in [-0.2, 0) is 15.1 Å². The van der Waals surface area contributed by atoms with E-state index in [2.05, 4.69) is 6.58 Å². The molecule has 0 atom stereocenters. The number of carbonyl (C=O) groups excluding carboxylic acids is 1. The Morgan fingerprint density at radius 1 is 0.929 bits per heavy atom. The van der Waals surface area contributed by atoms with E-state index in [0.29, 0.717) is 28.6 Å². The topological polar surface area (TPSA) is 54.0 Å². The minimum atomic E-state index is -1.05. The van der Waals surface area contributed by atoms with Crippen LogP contribution in [0.15, 0.2) is 48.6 Å². The Labute approximate surface area is 164 Å². The fraction of sp³-hybridized carbons (Fsp3) is 0.348. The molecule has 0 aliphatic carbocycles. The first-order valence-corrected chi connectivity index (χ1v) is 9.50. The summed E-state index contributed by atoms with van der Waals surface area (Å²) < 4.78 is 23.7. The van der Waals surface area contributed by atoms with Crippen LogP contribution in [0.5, 0.6) is 23.0 Å². The molecule has 2 aromatic carbocycles. The maximum Gasteiger partial charge on any atom is 0.311 e. The molecule has 0 bridgehead atoms. The lowest BCUT2D eigenvalue weighted by Crippen LogP contribution is -2.32. The Hall–Kier alpha value is -2.95. The highest BCUT2D eigenvalue weighted by Crippen LogP contribution is 2.56. The van der Waals surface area contributed by atoms with E-state index in [9.17, 15) is 4.79 Å². The number of rotatable bonds is 4. The van der Waals surface area contributed by atoms with Crippen LogP contribution in [0, 0.1) is 0 Å². The maximum atomic E-state index is 12.2. The van der Waals surface area contributed by atoms with Gasteiger partial charge in [0, 0.05) is 23.3 Å². The van der Waals surface area contributed by atoms with E-state index in [0.717, 1.165) is 11.1 Å². The van der Waals surface area contributed by atoms with Crippen LogP contribution < -0.4 is 14.2 Å². The smallest absolute Gasteiger partial charge is 0.311 e. The van der Waals surface area contributed by atoms with Crippen molar-refractivity contribution in [1.82, 2.24) is 0 Å². The third-order valence-corrected chi connectivity index (χ3v) is 4.75. The van der Waals surface area contributed by atoms with Crippen LogP contribution in [0.2, 0.25) is 0 Å². The Balaban J connectivity index is 1.88. The minimum Gasteiger partial charge on any atom is -0.491 e. The van der Waals surface area contributed by atoms with Crippen LogP contribution in [0.3, 0.4) is 0 Å². The number of esters is 1. The first kappa shape index (κ1) is 18.4. The summed E-state index contributed by atoms with van der Waals surface area (Å²) in [5.41, 5.74) is 1.15. The molecule has 2 aliphatic rings. The van der Waals surface area contributed by atoms with Gasteiger partial charge in [-0.2, -0.15) is 0 Å². The molecule has 28 heavy (non-hydrogen) atoms. The lowest BCUT2D eigenvalue weighted by atomic mass is 9.78. The summed E-state index contributed by atoms with van der Waals surface area (Å²) in [6.45, 7) is 12.0. The first-order chi connectivity index (χ1) is 13.3. The number of fused-ring (bicyclic) bond motifs is 4. The molecular formula is C23H24O5. The fourth-order valence-electron chi connectivity index (χ4n) is 3.78. The molecule has 0 N–H and O–H groups in total. The highest BCUT2D eigenvalue weighted by atomic mass is 16.6. The molecule has 0 aromatic heterocycles. The third kappa shape index (κ3) is 2.91. The molecule has 5 nitrogen and oxygen atoms in total. The van der Waals surface area contributed by atoms with Crippen LogP contribution in [-0.4, -0.2) is 18.2 Å². The Morgan fingerprint density at radius 2 is 1.43 bits per heavy atom. The van der Waals surface area contributed by atoms with E-state index in [1.54, 1.807) is 0 Å². The van der Waals surface area contributed by atoms with Crippen LogP contribution >= 0.6 is 0 Å². The maximum absolute atomic E-state index is 12.2. The van der Waals surface area contributed by atoms with Gasteiger partial charge < -0.3 is 18.9 Å². The predicted molar refractivity (Wildman–Crippen MR) is 105 cm³/mol. The van der Waals surface area contributed by atoms with Gasteiger partial charge in [0.2, 0.25) is 0 Å². The monoisotopic (exact) mass is 380 g/mol. The minimum absolute atomic E-state index is 0.0354. The largest absolute Gasteiger partial charge is 0.491 e. The van der Waals surface area contributed by atoms with Crippen molar-refractivity contribution in [3.05, 3.63) is 59.7 Å². The summed E-state index contributed by atoms with van der Waals surface area (Å²) in [5, 5.41) is 0. The number of benzene rings is 2. The fourth-order valence-corrected chi connectivity index (χ4v) is 3.78. The van der Waals surface area contributed by atoms with E-state index in [1.165, 1.54) is 0 Å². The molecule has 1 fully saturated rings. The lowest BCUT2D eigenvalue weighted by molar-refractivity contribution is -0.146. The summed E-state index contributed by atoms with van der Waals surface area (Å²) in [7, 11) is 0. The molecule has 146 valence electrons. The molecule has 0 radical (unpaired) electrons. The normalized spacial score (nSPS) is 16.6.